The Morgan fingerprint density at radius 3 is 2.41 bits per heavy atom. The van der Waals surface area contributed by atoms with Crippen molar-refractivity contribution in [2.24, 2.45) is 0 Å². The Kier molecular flexibility index (Phi) is 6.89. The van der Waals surface area contributed by atoms with E-state index in [-0.39, 0.29) is 5.91 Å². The number of amides is 2. The van der Waals surface area contributed by atoms with Crippen LogP contribution in [0.15, 0.2) is 30.3 Å². The SMILES string of the molecule is CC(NC(=O)OC(C)(C)C)C(=O)NCCCc1ccccc1. The Morgan fingerprint density at radius 1 is 1.18 bits per heavy atom. The van der Waals surface area contributed by atoms with Crippen molar-refractivity contribution in [3.63, 3.8) is 0 Å². The van der Waals surface area contributed by atoms with Gasteiger partial charge in [-0.3, -0.25) is 4.79 Å². The van der Waals surface area contributed by atoms with Crippen molar-refractivity contribution in [2.45, 2.75) is 52.2 Å². The lowest BCUT2D eigenvalue weighted by atomic mass is 10.1. The number of carbonyl (C=O) groups is 2. The van der Waals surface area contributed by atoms with E-state index in [0.29, 0.717) is 6.54 Å². The van der Waals surface area contributed by atoms with Gasteiger partial charge >= 0.3 is 6.09 Å². The number of carbonyl (C=O) groups excluding carboxylic acids is 2. The molecule has 1 aromatic carbocycles. The molecule has 1 atom stereocenters. The molecule has 5 nitrogen and oxygen atoms in total. The van der Waals surface area contributed by atoms with Crippen molar-refractivity contribution in [3.8, 4) is 0 Å². The molecule has 1 rings (SSSR count). The van der Waals surface area contributed by atoms with Gasteiger partial charge in [-0.15, -0.1) is 0 Å². The number of hydrogen-bond acceptors (Lipinski definition) is 3. The lowest BCUT2D eigenvalue weighted by molar-refractivity contribution is -0.122. The molecule has 0 radical (unpaired) electrons. The highest BCUT2D eigenvalue weighted by Crippen LogP contribution is 2.06. The van der Waals surface area contributed by atoms with Gasteiger partial charge in [-0.25, -0.2) is 4.79 Å². The van der Waals surface area contributed by atoms with Crippen molar-refractivity contribution < 1.29 is 14.3 Å². The summed E-state index contributed by atoms with van der Waals surface area (Å²) in [6.45, 7) is 7.55. The maximum atomic E-state index is 11.9. The highest BCUT2D eigenvalue weighted by atomic mass is 16.6. The Morgan fingerprint density at radius 2 is 1.82 bits per heavy atom. The second-order valence-corrected chi connectivity index (χ2v) is 6.25. The Balaban J connectivity index is 2.22. The highest BCUT2D eigenvalue weighted by molar-refractivity contribution is 5.85. The second kappa shape index (κ2) is 8.41. The van der Waals surface area contributed by atoms with Crippen LogP contribution in [0.4, 0.5) is 4.79 Å². The minimum Gasteiger partial charge on any atom is -0.444 e. The van der Waals surface area contributed by atoms with Crippen molar-refractivity contribution in [3.05, 3.63) is 35.9 Å². The van der Waals surface area contributed by atoms with Crippen LogP contribution in [0.25, 0.3) is 0 Å². The molecule has 0 saturated carbocycles. The van der Waals surface area contributed by atoms with E-state index in [1.165, 1.54) is 5.56 Å². The molecular weight excluding hydrogens is 280 g/mol. The number of nitrogens with one attached hydrogen (secondary N) is 2. The van der Waals surface area contributed by atoms with E-state index in [1.54, 1.807) is 27.7 Å². The molecule has 0 saturated heterocycles. The van der Waals surface area contributed by atoms with E-state index in [2.05, 4.69) is 22.8 Å². The van der Waals surface area contributed by atoms with E-state index < -0.39 is 17.7 Å². The van der Waals surface area contributed by atoms with Crippen LogP contribution in [-0.4, -0.2) is 30.2 Å². The standard InChI is InChI=1S/C17H26N2O3/c1-13(19-16(21)22-17(2,3)4)15(20)18-12-8-11-14-9-6-5-7-10-14/h5-7,9-10,13H,8,11-12H2,1-4H3,(H,18,20)(H,19,21). The Bertz CT molecular complexity index is 480. The molecule has 22 heavy (non-hydrogen) atoms. The molecule has 0 bridgehead atoms. The van der Waals surface area contributed by atoms with Gasteiger partial charge in [-0.2, -0.15) is 0 Å². The molecule has 0 fully saturated rings. The van der Waals surface area contributed by atoms with Gasteiger partial charge in [-0.1, -0.05) is 30.3 Å². The number of rotatable bonds is 6. The van der Waals surface area contributed by atoms with Crippen LogP contribution in [0.5, 0.6) is 0 Å². The molecule has 2 amide bonds. The van der Waals surface area contributed by atoms with Crippen LogP contribution in [0.1, 0.15) is 39.7 Å². The topological polar surface area (TPSA) is 67.4 Å². The fraction of sp³-hybridized carbons (Fsp3) is 0.529. The van der Waals surface area contributed by atoms with Gasteiger partial charge in [0.25, 0.3) is 0 Å². The number of alkyl carbamates (subject to hydrolysis) is 1. The smallest absolute Gasteiger partial charge is 0.408 e. The minimum atomic E-state index is -0.619. The van der Waals surface area contributed by atoms with Crippen LogP contribution in [0.2, 0.25) is 0 Å². The summed E-state index contributed by atoms with van der Waals surface area (Å²) in [4.78, 5) is 23.4. The zero-order valence-corrected chi connectivity index (χ0v) is 13.8. The molecule has 5 heteroatoms. The fourth-order valence-corrected chi connectivity index (χ4v) is 1.85. The van der Waals surface area contributed by atoms with Crippen LogP contribution in [0.3, 0.4) is 0 Å². The van der Waals surface area contributed by atoms with E-state index in [1.807, 2.05) is 18.2 Å². The van der Waals surface area contributed by atoms with Crippen LogP contribution >= 0.6 is 0 Å². The van der Waals surface area contributed by atoms with E-state index in [4.69, 9.17) is 4.74 Å². The average molecular weight is 306 g/mol. The third kappa shape index (κ3) is 7.67. The Hall–Kier alpha value is -2.04. The highest BCUT2D eigenvalue weighted by Gasteiger charge is 2.20. The summed E-state index contributed by atoms with van der Waals surface area (Å²) in [5.41, 5.74) is 0.673. The summed E-state index contributed by atoms with van der Waals surface area (Å²) in [6.07, 6.45) is 1.18. The third-order valence-electron chi connectivity index (χ3n) is 2.91. The summed E-state index contributed by atoms with van der Waals surface area (Å²) >= 11 is 0. The zero-order valence-electron chi connectivity index (χ0n) is 13.8. The van der Waals surface area contributed by atoms with E-state index >= 15 is 0 Å². The predicted molar refractivity (Wildman–Crippen MR) is 86.6 cm³/mol. The van der Waals surface area contributed by atoms with Gasteiger partial charge in [-0.05, 0) is 46.1 Å². The summed E-state index contributed by atoms with van der Waals surface area (Å²) in [5, 5.41) is 5.33. The molecule has 0 aromatic heterocycles. The molecular formula is C17H26N2O3. The molecule has 1 aromatic rings. The van der Waals surface area contributed by atoms with Crippen LogP contribution in [-0.2, 0) is 16.0 Å². The molecule has 0 aliphatic heterocycles. The number of hydrogen-bond donors (Lipinski definition) is 2. The fourth-order valence-electron chi connectivity index (χ4n) is 1.85. The molecule has 2 N–H and O–H groups in total. The predicted octanol–water partition coefficient (Wildman–Crippen LogP) is 2.65. The lowest BCUT2D eigenvalue weighted by Crippen LogP contribution is -2.46. The summed E-state index contributed by atoms with van der Waals surface area (Å²) in [5.74, 6) is -0.209. The minimum absolute atomic E-state index is 0.209. The van der Waals surface area contributed by atoms with Crippen LogP contribution in [0, 0.1) is 0 Å². The molecule has 1 unspecified atom stereocenters. The van der Waals surface area contributed by atoms with Gasteiger partial charge in [0.2, 0.25) is 5.91 Å². The number of benzene rings is 1. The third-order valence-corrected chi connectivity index (χ3v) is 2.91. The summed E-state index contributed by atoms with van der Waals surface area (Å²) in [7, 11) is 0. The van der Waals surface area contributed by atoms with E-state index in [9.17, 15) is 9.59 Å². The van der Waals surface area contributed by atoms with Crippen molar-refractivity contribution in [1.82, 2.24) is 10.6 Å². The summed E-state index contributed by atoms with van der Waals surface area (Å²) < 4.78 is 5.11. The quantitative estimate of drug-likeness (QED) is 0.794. The van der Waals surface area contributed by atoms with Crippen molar-refractivity contribution in [2.75, 3.05) is 6.54 Å². The first-order chi connectivity index (χ1) is 10.3. The first-order valence-corrected chi connectivity index (χ1v) is 7.59. The summed E-state index contributed by atoms with van der Waals surface area (Å²) in [6, 6.07) is 9.49. The molecule has 0 aliphatic carbocycles. The van der Waals surface area contributed by atoms with Gasteiger partial charge in [0.05, 0.1) is 0 Å². The first-order valence-electron chi connectivity index (χ1n) is 7.59. The van der Waals surface area contributed by atoms with Gasteiger partial charge in [0, 0.05) is 6.54 Å². The second-order valence-electron chi connectivity index (χ2n) is 6.25. The van der Waals surface area contributed by atoms with Gasteiger partial charge < -0.3 is 15.4 Å². The number of ether oxygens (including phenoxy) is 1. The molecule has 0 spiro atoms. The maximum Gasteiger partial charge on any atom is 0.408 e. The van der Waals surface area contributed by atoms with Crippen molar-refractivity contribution >= 4 is 12.0 Å². The normalized spacial score (nSPS) is 12.4. The molecule has 122 valence electrons. The van der Waals surface area contributed by atoms with Crippen molar-refractivity contribution in [1.29, 1.82) is 0 Å². The van der Waals surface area contributed by atoms with Gasteiger partial charge in [0.15, 0.2) is 0 Å². The van der Waals surface area contributed by atoms with E-state index in [0.717, 1.165) is 12.8 Å². The maximum absolute atomic E-state index is 11.9. The Labute approximate surface area is 132 Å². The molecule has 0 aliphatic rings. The average Bonchev–Trinajstić information content (AvgIpc) is 2.42. The number of aryl methyl sites for hydroxylation is 1. The van der Waals surface area contributed by atoms with Crippen LogP contribution < -0.4 is 10.6 Å². The largest absolute Gasteiger partial charge is 0.444 e. The monoisotopic (exact) mass is 306 g/mol. The first kappa shape index (κ1) is 18.0. The molecule has 0 heterocycles. The van der Waals surface area contributed by atoms with Gasteiger partial charge in [0.1, 0.15) is 11.6 Å². The zero-order chi connectivity index (χ0) is 16.6. The lowest BCUT2D eigenvalue weighted by Gasteiger charge is -2.21.